The third-order valence-electron chi connectivity index (χ3n) is 6.01. The molecule has 1 saturated carbocycles. The van der Waals surface area contributed by atoms with Gasteiger partial charge < -0.3 is 0 Å². The molecule has 2 aromatic rings. The summed E-state index contributed by atoms with van der Waals surface area (Å²) in [7, 11) is -1.51. The molecule has 1 aliphatic heterocycles. The minimum absolute atomic E-state index is 0.195. The highest BCUT2D eigenvalue weighted by Crippen LogP contribution is 2.52. The Morgan fingerprint density at radius 3 is 2.57 bits per heavy atom. The molecular weight excluding hydrogens is 432 g/mol. The van der Waals surface area contributed by atoms with Crippen molar-refractivity contribution in [1.29, 1.82) is 0 Å². The highest BCUT2D eigenvalue weighted by Gasteiger charge is 2.54. The minimum atomic E-state index is -2.74. The lowest BCUT2D eigenvalue weighted by atomic mass is 9.84. The van der Waals surface area contributed by atoms with Crippen LogP contribution in [0.15, 0.2) is 21.3 Å². The second kappa shape index (κ2) is 6.92. The molecule has 1 aromatic heterocycles. The molecule has 1 spiro atoms. The van der Waals surface area contributed by atoms with Crippen LogP contribution in [0.2, 0.25) is 5.02 Å². The van der Waals surface area contributed by atoms with Crippen LogP contribution in [0.5, 0.6) is 0 Å². The molecule has 0 radical (unpaired) electrons. The third kappa shape index (κ3) is 3.51. The van der Waals surface area contributed by atoms with Crippen molar-refractivity contribution in [1.82, 2.24) is 9.55 Å². The van der Waals surface area contributed by atoms with E-state index in [2.05, 4.69) is 4.40 Å². The summed E-state index contributed by atoms with van der Waals surface area (Å²) in [5.41, 5.74) is 0.251. The second-order valence-corrected chi connectivity index (χ2v) is 11.7. The summed E-state index contributed by atoms with van der Waals surface area (Å²) in [5.74, 6) is -2.32. The van der Waals surface area contributed by atoms with E-state index < -0.39 is 27.1 Å². The molecule has 0 bridgehead atoms. The number of hydrogen-bond acceptors (Lipinski definition) is 3. The summed E-state index contributed by atoms with van der Waals surface area (Å²) in [4.78, 5) is 17.9. The van der Waals surface area contributed by atoms with Gasteiger partial charge in [0.15, 0.2) is 0 Å². The number of hydrogen-bond donors (Lipinski definition) is 0. The molecule has 1 aromatic carbocycles. The van der Waals surface area contributed by atoms with E-state index in [0.717, 1.165) is 0 Å². The predicted molar refractivity (Wildman–Crippen MR) is 116 cm³/mol. The zero-order chi connectivity index (χ0) is 22.1. The molecule has 1 fully saturated rings. The van der Waals surface area contributed by atoms with E-state index in [1.165, 1.54) is 4.57 Å². The van der Waals surface area contributed by atoms with Gasteiger partial charge in [0.05, 0.1) is 21.4 Å². The Bertz CT molecular complexity index is 1170. The van der Waals surface area contributed by atoms with Crippen LogP contribution in [-0.4, -0.2) is 30.1 Å². The fourth-order valence-corrected chi connectivity index (χ4v) is 5.26. The monoisotopic (exact) mass is 455 g/mol. The lowest BCUT2D eigenvalue weighted by Gasteiger charge is -2.23. The largest absolute Gasteiger partial charge is 0.296 e. The Kier molecular flexibility index (Phi) is 4.97. The zero-order valence-corrected chi connectivity index (χ0v) is 19.0. The summed E-state index contributed by atoms with van der Waals surface area (Å²) < 4.78 is 46.0. The maximum absolute atomic E-state index is 14.1. The molecule has 2 aliphatic rings. The summed E-state index contributed by atoms with van der Waals surface area (Å²) in [5, 5.41) is 0.660. The average molecular weight is 456 g/mol. The predicted octanol–water partition coefficient (Wildman–Crippen LogP) is 4.78. The smallest absolute Gasteiger partial charge is 0.261 e. The fraction of sp³-hybridized carbons (Fsp3) is 0.571. The number of benzene rings is 1. The van der Waals surface area contributed by atoms with Crippen LogP contribution in [0.25, 0.3) is 10.9 Å². The molecule has 1 aliphatic carbocycles. The van der Waals surface area contributed by atoms with Crippen molar-refractivity contribution in [3.8, 4) is 0 Å². The molecule has 0 amide bonds. The first kappa shape index (κ1) is 21.6. The van der Waals surface area contributed by atoms with Crippen molar-refractivity contribution in [3.63, 3.8) is 0 Å². The van der Waals surface area contributed by atoms with Crippen LogP contribution in [0.3, 0.4) is 0 Å². The highest BCUT2D eigenvalue weighted by atomic mass is 35.5. The van der Waals surface area contributed by atoms with Gasteiger partial charge in [-0.1, -0.05) is 11.6 Å². The summed E-state index contributed by atoms with van der Waals surface area (Å²) >= 11 is 6.27. The van der Waals surface area contributed by atoms with Crippen molar-refractivity contribution in [3.05, 3.63) is 38.9 Å². The topological polar surface area (TPSA) is 64.3 Å². The molecule has 30 heavy (non-hydrogen) atoms. The maximum atomic E-state index is 14.1. The van der Waals surface area contributed by atoms with Crippen molar-refractivity contribution in [2.45, 2.75) is 76.0 Å². The number of nitrogens with zero attached hydrogens (tertiary/aromatic N) is 3. The van der Waals surface area contributed by atoms with Gasteiger partial charge in [-0.2, -0.15) is 4.40 Å². The molecule has 9 heteroatoms. The molecule has 162 valence electrons. The number of rotatable bonds is 2. The van der Waals surface area contributed by atoms with Crippen LogP contribution < -0.4 is 5.56 Å². The molecule has 2 atom stereocenters. The lowest BCUT2D eigenvalue weighted by molar-refractivity contribution is 0.00242. The minimum Gasteiger partial charge on any atom is -0.296 e. The van der Waals surface area contributed by atoms with Crippen LogP contribution >= 0.6 is 11.6 Å². The number of alkyl halides is 2. The van der Waals surface area contributed by atoms with Gasteiger partial charge in [0.1, 0.15) is 16.8 Å². The van der Waals surface area contributed by atoms with Gasteiger partial charge in [-0.25, -0.2) is 18.0 Å². The molecule has 4 rings (SSSR count). The van der Waals surface area contributed by atoms with Gasteiger partial charge in [0.25, 0.3) is 5.56 Å². The van der Waals surface area contributed by atoms with E-state index in [1.54, 1.807) is 19.1 Å². The number of fused-ring (bicyclic) bond motifs is 3. The van der Waals surface area contributed by atoms with Gasteiger partial charge in [0, 0.05) is 35.4 Å². The second-order valence-electron chi connectivity index (χ2n) is 9.34. The van der Waals surface area contributed by atoms with E-state index in [4.69, 9.17) is 16.6 Å². The summed E-state index contributed by atoms with van der Waals surface area (Å²) in [6.07, 6.45) is 0.300. The maximum Gasteiger partial charge on any atom is 0.261 e. The van der Waals surface area contributed by atoms with E-state index in [9.17, 15) is 17.8 Å². The van der Waals surface area contributed by atoms with Gasteiger partial charge in [-0.15, -0.1) is 0 Å². The Morgan fingerprint density at radius 1 is 1.27 bits per heavy atom. The van der Waals surface area contributed by atoms with Gasteiger partial charge in [0.2, 0.25) is 5.92 Å². The van der Waals surface area contributed by atoms with E-state index in [0.29, 0.717) is 52.4 Å². The highest BCUT2D eigenvalue weighted by molar-refractivity contribution is 7.85. The van der Waals surface area contributed by atoms with E-state index in [1.807, 2.05) is 20.8 Å². The molecular formula is C21H24ClF2N3O2S. The first-order chi connectivity index (χ1) is 13.8. The Morgan fingerprint density at radius 2 is 1.97 bits per heavy atom. The van der Waals surface area contributed by atoms with E-state index in [-0.39, 0.29) is 18.4 Å². The lowest BCUT2D eigenvalue weighted by Crippen LogP contribution is -2.28. The molecule has 1 unspecified atom stereocenters. The third-order valence-corrected chi connectivity index (χ3v) is 7.72. The van der Waals surface area contributed by atoms with Gasteiger partial charge in [-0.05, 0) is 52.7 Å². The summed E-state index contributed by atoms with van der Waals surface area (Å²) in [6, 6.07) is 3.18. The Hall–Kier alpha value is -1.67. The Labute approximate surface area is 181 Å². The van der Waals surface area contributed by atoms with Crippen LogP contribution in [0.4, 0.5) is 8.78 Å². The summed E-state index contributed by atoms with van der Waals surface area (Å²) in [6.45, 7) is 7.52. The van der Waals surface area contributed by atoms with Crippen LogP contribution in [0.1, 0.15) is 64.8 Å². The van der Waals surface area contributed by atoms with Crippen LogP contribution in [0, 0.1) is 0 Å². The van der Waals surface area contributed by atoms with E-state index >= 15 is 0 Å². The standard InChI is InChI=1S/C21H24ClF2N3O2S/c1-12(26-30(29)19(2,3)4)14-9-13(22)10-15-16(14)25-18-20(5-6-21(23,24)11-20)7-8-27(18)17(15)28/h9-10H,5-8,11H2,1-4H3/t20?,30-/m1/s1. The molecule has 5 nitrogen and oxygen atoms in total. The van der Waals surface area contributed by atoms with Crippen molar-refractivity contribution >= 4 is 39.2 Å². The van der Waals surface area contributed by atoms with Crippen molar-refractivity contribution in [2.75, 3.05) is 0 Å². The molecule has 0 N–H and O–H groups in total. The number of aromatic nitrogens is 2. The normalized spacial score (nSPS) is 24.6. The zero-order valence-electron chi connectivity index (χ0n) is 17.4. The fourth-order valence-electron chi connectivity index (χ4n) is 4.43. The first-order valence-corrected chi connectivity index (χ1v) is 11.4. The molecule has 2 heterocycles. The van der Waals surface area contributed by atoms with Crippen LogP contribution in [-0.2, 0) is 22.9 Å². The molecule has 0 saturated heterocycles. The quantitative estimate of drug-likeness (QED) is 0.612. The van der Waals surface area contributed by atoms with Gasteiger partial charge >= 0.3 is 0 Å². The average Bonchev–Trinajstić information content (AvgIpc) is 3.14. The van der Waals surface area contributed by atoms with Crippen molar-refractivity contribution < 1.29 is 13.0 Å². The van der Waals surface area contributed by atoms with Crippen molar-refractivity contribution in [2.24, 2.45) is 4.40 Å². The first-order valence-electron chi connectivity index (χ1n) is 9.93. The number of halogens is 3. The Balaban J connectivity index is 1.95. The SMILES string of the molecule is CC(=N[S@](=O)C(C)(C)C)c1cc(Cl)cc2c(=O)n3c(nc12)C1(CC3)CCC(F)(F)C1. The van der Waals surface area contributed by atoms with Gasteiger partial charge in [-0.3, -0.25) is 9.36 Å².